The van der Waals surface area contributed by atoms with Crippen LogP contribution in [0.4, 0.5) is 0 Å². The third-order valence-electron chi connectivity index (χ3n) is 3.73. The fraction of sp³-hybridized carbons (Fsp3) is 0.909. The number of hydrazine groups is 1. The van der Waals surface area contributed by atoms with Crippen molar-refractivity contribution < 1.29 is 0 Å². The van der Waals surface area contributed by atoms with Gasteiger partial charge in [0.05, 0.1) is 0 Å². The molecule has 1 saturated heterocycles. The average Bonchev–Trinajstić information content (AvgIpc) is 2.64. The Hall–Kier alpha value is -0.350. The molecule has 3 nitrogen and oxygen atoms in total. The third kappa shape index (κ3) is 2.26. The van der Waals surface area contributed by atoms with E-state index in [9.17, 15) is 0 Å². The van der Waals surface area contributed by atoms with Crippen LogP contribution < -0.4 is 5.43 Å². The molecule has 2 aliphatic rings. The highest BCUT2D eigenvalue weighted by molar-refractivity contribution is 7.80. The maximum absolute atomic E-state index is 5.41. The van der Waals surface area contributed by atoms with Gasteiger partial charge in [-0.3, -0.25) is 5.01 Å². The van der Waals surface area contributed by atoms with E-state index in [0.29, 0.717) is 5.54 Å². The average molecular weight is 227 g/mol. The van der Waals surface area contributed by atoms with Gasteiger partial charge in [0.2, 0.25) is 0 Å². The van der Waals surface area contributed by atoms with Gasteiger partial charge in [0, 0.05) is 26.2 Å². The third-order valence-corrected chi connectivity index (χ3v) is 4.31. The first kappa shape index (κ1) is 11.1. The molecule has 86 valence electrons. The minimum Gasteiger partial charge on any atom is -0.351 e. The predicted octanol–water partition coefficient (Wildman–Crippen LogP) is 1.75. The zero-order valence-electron chi connectivity index (χ0n) is 9.75. The van der Waals surface area contributed by atoms with E-state index >= 15 is 0 Å². The molecule has 1 aliphatic carbocycles. The van der Waals surface area contributed by atoms with Gasteiger partial charge in [0.1, 0.15) is 0 Å². The smallest absolute Gasteiger partial charge is 0.185 e. The number of hydrogen-bond acceptors (Lipinski definition) is 2. The molecule has 15 heavy (non-hydrogen) atoms. The Balaban J connectivity index is 2.08. The van der Waals surface area contributed by atoms with Gasteiger partial charge in [-0.25, -0.2) is 5.43 Å². The highest BCUT2D eigenvalue weighted by Gasteiger charge is 2.36. The van der Waals surface area contributed by atoms with Crippen molar-refractivity contribution in [2.24, 2.45) is 0 Å². The molecule has 0 aromatic heterocycles. The number of thiocarbonyl (C=S) groups is 1. The first-order chi connectivity index (χ1) is 7.13. The number of nitrogens with zero attached hydrogens (tertiary/aromatic N) is 2. The quantitative estimate of drug-likeness (QED) is 0.635. The van der Waals surface area contributed by atoms with Gasteiger partial charge in [-0.2, -0.15) is 0 Å². The van der Waals surface area contributed by atoms with E-state index in [4.69, 9.17) is 12.2 Å². The maximum atomic E-state index is 5.41. The molecule has 0 bridgehead atoms. The van der Waals surface area contributed by atoms with E-state index in [1.165, 1.54) is 38.5 Å². The van der Waals surface area contributed by atoms with Gasteiger partial charge < -0.3 is 4.90 Å². The lowest BCUT2D eigenvalue weighted by Crippen LogP contribution is -2.58. The van der Waals surface area contributed by atoms with Crippen LogP contribution in [0.3, 0.4) is 0 Å². The van der Waals surface area contributed by atoms with Crippen LogP contribution >= 0.6 is 12.2 Å². The number of hydrogen-bond donors (Lipinski definition) is 1. The Morgan fingerprint density at radius 3 is 2.40 bits per heavy atom. The Morgan fingerprint density at radius 2 is 1.73 bits per heavy atom. The van der Waals surface area contributed by atoms with Crippen molar-refractivity contribution in [2.75, 3.05) is 20.6 Å². The minimum atomic E-state index is 0.347. The zero-order chi connectivity index (χ0) is 10.9. The molecular formula is C11H21N3S. The van der Waals surface area contributed by atoms with E-state index < -0.39 is 0 Å². The fourth-order valence-corrected chi connectivity index (χ4v) is 3.02. The van der Waals surface area contributed by atoms with Gasteiger partial charge >= 0.3 is 0 Å². The summed E-state index contributed by atoms with van der Waals surface area (Å²) in [5.41, 5.74) is 3.97. The Morgan fingerprint density at radius 1 is 1.13 bits per heavy atom. The molecule has 1 aliphatic heterocycles. The summed E-state index contributed by atoms with van der Waals surface area (Å²) >= 11 is 5.41. The topological polar surface area (TPSA) is 18.5 Å². The van der Waals surface area contributed by atoms with Gasteiger partial charge in [-0.1, -0.05) is 12.8 Å². The molecule has 4 heteroatoms. The van der Waals surface area contributed by atoms with E-state index in [2.05, 4.69) is 17.4 Å². The normalized spacial score (nSPS) is 26.9. The molecule has 0 atom stereocenters. The monoisotopic (exact) mass is 227 g/mol. The van der Waals surface area contributed by atoms with E-state index in [0.717, 1.165) is 11.7 Å². The Kier molecular flexibility index (Phi) is 3.16. The highest BCUT2D eigenvalue weighted by atomic mass is 32.1. The molecular weight excluding hydrogens is 206 g/mol. The van der Waals surface area contributed by atoms with Gasteiger partial charge in [-0.05, 0) is 37.9 Å². The first-order valence-corrected chi connectivity index (χ1v) is 6.30. The Labute approximate surface area is 97.8 Å². The van der Waals surface area contributed by atoms with Gasteiger partial charge in [-0.15, -0.1) is 0 Å². The molecule has 1 spiro atoms. The van der Waals surface area contributed by atoms with Crippen molar-refractivity contribution >= 4 is 17.3 Å². The molecule has 0 amide bonds. The second-order valence-electron chi connectivity index (χ2n) is 4.97. The van der Waals surface area contributed by atoms with Gasteiger partial charge in [0.25, 0.3) is 0 Å². The van der Waals surface area contributed by atoms with Crippen molar-refractivity contribution in [1.82, 2.24) is 15.3 Å². The standard InChI is InChI=1S/C11H21N3S/c1-13-9-5-8-11(6-3-4-7-11)12-14(2)10(13)15/h12H,3-9H2,1-2H3. The first-order valence-electron chi connectivity index (χ1n) is 5.90. The molecule has 2 rings (SSSR count). The fourth-order valence-electron chi connectivity index (χ4n) is 2.88. The molecule has 0 radical (unpaired) electrons. The second-order valence-corrected chi connectivity index (χ2v) is 5.33. The van der Waals surface area contributed by atoms with Crippen molar-refractivity contribution in [3.63, 3.8) is 0 Å². The molecule has 1 N–H and O–H groups in total. The van der Waals surface area contributed by atoms with Crippen LogP contribution in [0, 0.1) is 0 Å². The summed E-state index contributed by atoms with van der Waals surface area (Å²) in [4.78, 5) is 2.16. The maximum Gasteiger partial charge on any atom is 0.185 e. The van der Waals surface area contributed by atoms with Crippen molar-refractivity contribution in [3.8, 4) is 0 Å². The van der Waals surface area contributed by atoms with E-state index in [-0.39, 0.29) is 0 Å². The van der Waals surface area contributed by atoms with Crippen LogP contribution in [0.15, 0.2) is 0 Å². The predicted molar refractivity (Wildman–Crippen MR) is 66.6 cm³/mol. The lowest BCUT2D eigenvalue weighted by atomic mass is 9.92. The SMILES string of the molecule is CN1CCCC2(CCCC2)NN(C)C1=S. The summed E-state index contributed by atoms with van der Waals surface area (Å²) < 4.78 is 0. The van der Waals surface area contributed by atoms with Crippen molar-refractivity contribution in [3.05, 3.63) is 0 Å². The molecule has 0 aromatic carbocycles. The summed E-state index contributed by atoms with van der Waals surface area (Å²) in [7, 11) is 4.12. The lowest BCUT2D eigenvalue weighted by molar-refractivity contribution is 0.156. The lowest BCUT2D eigenvalue weighted by Gasteiger charge is -2.41. The Bertz CT molecular complexity index is 248. The second kappa shape index (κ2) is 4.26. The zero-order valence-corrected chi connectivity index (χ0v) is 10.6. The molecule has 1 heterocycles. The highest BCUT2D eigenvalue weighted by Crippen LogP contribution is 2.34. The molecule has 1 saturated carbocycles. The molecule has 0 aromatic rings. The van der Waals surface area contributed by atoms with Gasteiger partial charge in [0.15, 0.2) is 5.11 Å². The number of nitrogens with one attached hydrogen (secondary N) is 1. The van der Waals surface area contributed by atoms with E-state index in [1.54, 1.807) is 0 Å². The van der Waals surface area contributed by atoms with Crippen LogP contribution in [0.25, 0.3) is 0 Å². The van der Waals surface area contributed by atoms with Crippen LogP contribution in [-0.2, 0) is 0 Å². The van der Waals surface area contributed by atoms with Crippen molar-refractivity contribution in [1.29, 1.82) is 0 Å². The minimum absolute atomic E-state index is 0.347. The van der Waals surface area contributed by atoms with Crippen LogP contribution in [0.1, 0.15) is 38.5 Å². The van der Waals surface area contributed by atoms with Crippen LogP contribution in [0.2, 0.25) is 0 Å². The van der Waals surface area contributed by atoms with Crippen LogP contribution in [0.5, 0.6) is 0 Å². The van der Waals surface area contributed by atoms with E-state index in [1.807, 2.05) is 12.1 Å². The summed E-state index contributed by atoms with van der Waals surface area (Å²) in [5.74, 6) is 0. The molecule has 0 unspecified atom stereocenters. The van der Waals surface area contributed by atoms with Crippen LogP contribution in [-0.4, -0.2) is 41.2 Å². The number of rotatable bonds is 0. The summed E-state index contributed by atoms with van der Waals surface area (Å²) in [5, 5.41) is 2.96. The largest absolute Gasteiger partial charge is 0.351 e. The summed E-state index contributed by atoms with van der Waals surface area (Å²) in [6, 6.07) is 0. The summed E-state index contributed by atoms with van der Waals surface area (Å²) in [6.45, 7) is 1.09. The molecule has 2 fully saturated rings. The summed E-state index contributed by atoms with van der Waals surface area (Å²) in [6.07, 6.45) is 7.88. The van der Waals surface area contributed by atoms with Crippen molar-refractivity contribution in [2.45, 2.75) is 44.1 Å².